The summed E-state index contributed by atoms with van der Waals surface area (Å²) in [5, 5.41) is 32.0. The normalized spacial score (nSPS) is 11.9. The average Bonchev–Trinajstić information content (AvgIpc) is 2.94. The summed E-state index contributed by atoms with van der Waals surface area (Å²) < 4.78 is 22.4. The Labute approximate surface area is 224 Å². The summed E-state index contributed by atoms with van der Waals surface area (Å²) in [7, 11) is 2.70. The van der Waals surface area contributed by atoms with Crippen molar-refractivity contribution >= 4 is 16.9 Å². The summed E-state index contributed by atoms with van der Waals surface area (Å²) in [6.45, 7) is 4.47. The Morgan fingerprint density at radius 3 is 2.28 bits per heavy atom. The van der Waals surface area contributed by atoms with E-state index in [1.165, 1.54) is 20.3 Å². The van der Waals surface area contributed by atoms with Gasteiger partial charge in [-0.15, -0.1) is 0 Å². The molecule has 0 saturated carbocycles. The standard InChI is InChI=1S/C30H30O9/c1-16(2)15-38-21-11-10-18(12-23(21)36-3)19(13-24(32)37-4)25-27(33)29(35)28(34)26-20(31)14-22(39-30(25)26)17-8-6-5-7-9-17/h5-12,14,16,19,33-35H,13,15H2,1-4H3/t19-/m0/s1. The largest absolute Gasteiger partial charge is 0.504 e. The van der Waals surface area contributed by atoms with Crippen molar-refractivity contribution in [3.63, 3.8) is 0 Å². The third kappa shape index (κ3) is 5.47. The van der Waals surface area contributed by atoms with Gasteiger partial charge in [0.25, 0.3) is 0 Å². The lowest BCUT2D eigenvalue weighted by Crippen LogP contribution is -2.13. The van der Waals surface area contributed by atoms with Gasteiger partial charge >= 0.3 is 5.97 Å². The topological polar surface area (TPSA) is 136 Å². The van der Waals surface area contributed by atoms with Gasteiger partial charge in [-0.2, -0.15) is 0 Å². The molecule has 3 aromatic carbocycles. The number of methoxy groups -OCH3 is 2. The Morgan fingerprint density at radius 2 is 1.64 bits per heavy atom. The smallest absolute Gasteiger partial charge is 0.306 e. The van der Waals surface area contributed by atoms with Crippen molar-refractivity contribution in [1.29, 1.82) is 0 Å². The number of aromatic hydroxyl groups is 3. The van der Waals surface area contributed by atoms with Crippen LogP contribution in [0.1, 0.15) is 37.3 Å². The molecule has 0 aliphatic carbocycles. The van der Waals surface area contributed by atoms with Gasteiger partial charge in [0.1, 0.15) is 16.7 Å². The van der Waals surface area contributed by atoms with Gasteiger partial charge in [-0.3, -0.25) is 9.59 Å². The highest BCUT2D eigenvalue weighted by atomic mass is 16.5. The first kappa shape index (κ1) is 27.4. The fourth-order valence-corrected chi connectivity index (χ4v) is 4.35. The first-order chi connectivity index (χ1) is 18.7. The summed E-state index contributed by atoms with van der Waals surface area (Å²) in [6.07, 6.45) is -0.294. The SMILES string of the molecule is COC(=O)C[C@@H](c1ccc(OCC(C)C)c(OC)c1)c1c(O)c(O)c(O)c2c(=O)cc(-c3ccccc3)oc12. The van der Waals surface area contributed by atoms with E-state index in [0.29, 0.717) is 29.2 Å². The molecule has 4 rings (SSSR count). The first-order valence-electron chi connectivity index (χ1n) is 12.3. The summed E-state index contributed by atoms with van der Waals surface area (Å²) in [4.78, 5) is 25.7. The Bertz CT molecular complexity index is 1550. The maximum Gasteiger partial charge on any atom is 0.306 e. The van der Waals surface area contributed by atoms with Crippen molar-refractivity contribution in [2.45, 2.75) is 26.2 Å². The maximum atomic E-state index is 13.2. The number of fused-ring (bicyclic) bond motifs is 1. The van der Waals surface area contributed by atoms with Crippen LogP contribution in [0.5, 0.6) is 28.7 Å². The summed E-state index contributed by atoms with van der Waals surface area (Å²) >= 11 is 0. The van der Waals surface area contributed by atoms with Gasteiger partial charge < -0.3 is 33.9 Å². The molecule has 1 heterocycles. The van der Waals surface area contributed by atoms with Crippen LogP contribution in [0, 0.1) is 5.92 Å². The predicted octanol–water partition coefficient (Wildman–Crippen LogP) is 5.32. The van der Waals surface area contributed by atoms with Crippen molar-refractivity contribution in [3.05, 3.63) is 75.9 Å². The third-order valence-corrected chi connectivity index (χ3v) is 6.30. The van der Waals surface area contributed by atoms with Gasteiger partial charge in [-0.1, -0.05) is 50.2 Å². The lowest BCUT2D eigenvalue weighted by Gasteiger charge is -2.22. The minimum atomic E-state index is -0.978. The van der Waals surface area contributed by atoms with Gasteiger partial charge in [0.05, 0.1) is 27.2 Å². The maximum absolute atomic E-state index is 13.2. The van der Waals surface area contributed by atoms with E-state index in [0.717, 1.165) is 0 Å². The molecule has 0 spiro atoms. The first-order valence-corrected chi connectivity index (χ1v) is 12.3. The quantitative estimate of drug-likeness (QED) is 0.193. The third-order valence-electron chi connectivity index (χ3n) is 6.30. The predicted molar refractivity (Wildman–Crippen MR) is 145 cm³/mol. The minimum Gasteiger partial charge on any atom is -0.504 e. The molecule has 0 aliphatic heterocycles. The van der Waals surface area contributed by atoms with Crippen LogP contribution in [-0.2, 0) is 9.53 Å². The number of carbonyl (C=O) groups excluding carboxylic acids is 1. The van der Waals surface area contributed by atoms with Gasteiger partial charge in [0, 0.05) is 23.1 Å². The Morgan fingerprint density at radius 1 is 0.923 bits per heavy atom. The van der Waals surface area contributed by atoms with Crippen LogP contribution in [0.2, 0.25) is 0 Å². The van der Waals surface area contributed by atoms with E-state index in [4.69, 9.17) is 18.6 Å². The molecule has 0 aliphatic rings. The molecule has 3 N–H and O–H groups in total. The summed E-state index contributed by atoms with van der Waals surface area (Å²) in [5.41, 5.74) is 0.160. The lowest BCUT2D eigenvalue weighted by atomic mass is 9.86. The molecule has 39 heavy (non-hydrogen) atoms. The number of hydrogen-bond acceptors (Lipinski definition) is 9. The van der Waals surface area contributed by atoms with Crippen molar-refractivity contribution in [3.8, 4) is 40.1 Å². The molecule has 0 bridgehead atoms. The second kappa shape index (κ2) is 11.4. The molecule has 1 aromatic heterocycles. The molecule has 1 atom stereocenters. The number of esters is 1. The Balaban J connectivity index is 2.01. The van der Waals surface area contributed by atoms with Crippen molar-refractivity contribution in [1.82, 2.24) is 0 Å². The highest BCUT2D eigenvalue weighted by molar-refractivity contribution is 5.93. The van der Waals surface area contributed by atoms with Gasteiger partial charge in [0.2, 0.25) is 5.75 Å². The molecule has 0 amide bonds. The van der Waals surface area contributed by atoms with Crippen LogP contribution >= 0.6 is 0 Å². The van der Waals surface area contributed by atoms with Crippen LogP contribution in [0.15, 0.2) is 63.8 Å². The molecule has 9 heteroatoms. The minimum absolute atomic E-state index is 0.0708. The van der Waals surface area contributed by atoms with Crippen molar-refractivity contribution in [2.24, 2.45) is 5.92 Å². The van der Waals surface area contributed by atoms with Crippen LogP contribution in [-0.4, -0.2) is 42.1 Å². The number of benzene rings is 3. The van der Waals surface area contributed by atoms with Gasteiger partial charge in [-0.05, 0) is 23.6 Å². The number of rotatable bonds is 9. The zero-order valence-electron chi connectivity index (χ0n) is 22.1. The summed E-state index contributed by atoms with van der Waals surface area (Å²) in [6, 6.07) is 15.0. The summed E-state index contributed by atoms with van der Waals surface area (Å²) in [5.74, 6) is -2.77. The second-order valence-electron chi connectivity index (χ2n) is 9.45. The Hall–Kier alpha value is -4.66. The molecule has 4 aromatic rings. The van der Waals surface area contributed by atoms with Crippen LogP contribution in [0.3, 0.4) is 0 Å². The number of phenolic OH excluding ortho intramolecular Hbond substituents is 3. The zero-order chi connectivity index (χ0) is 28.3. The molecule has 204 valence electrons. The number of hydrogen-bond donors (Lipinski definition) is 3. The Kier molecular flexibility index (Phi) is 7.99. The van der Waals surface area contributed by atoms with Crippen LogP contribution in [0.25, 0.3) is 22.3 Å². The monoisotopic (exact) mass is 534 g/mol. The molecular formula is C30H30O9. The second-order valence-corrected chi connectivity index (χ2v) is 9.45. The highest BCUT2D eigenvalue weighted by Gasteiger charge is 2.31. The van der Waals surface area contributed by atoms with E-state index < -0.39 is 34.6 Å². The molecule has 0 unspecified atom stereocenters. The molecule has 9 nitrogen and oxygen atoms in total. The molecule has 0 fully saturated rings. The molecule has 0 saturated heterocycles. The van der Waals surface area contributed by atoms with E-state index in [1.54, 1.807) is 48.5 Å². The van der Waals surface area contributed by atoms with Crippen molar-refractivity contribution in [2.75, 3.05) is 20.8 Å². The fraction of sp³-hybridized carbons (Fsp3) is 0.267. The fourth-order valence-electron chi connectivity index (χ4n) is 4.35. The number of phenols is 3. The van der Waals surface area contributed by atoms with E-state index in [1.807, 2.05) is 13.8 Å². The van der Waals surface area contributed by atoms with Gasteiger partial charge in [-0.25, -0.2) is 0 Å². The highest BCUT2D eigenvalue weighted by Crippen LogP contribution is 2.50. The zero-order valence-corrected chi connectivity index (χ0v) is 22.1. The van der Waals surface area contributed by atoms with E-state index in [2.05, 4.69) is 0 Å². The number of carbonyl (C=O) groups is 1. The van der Waals surface area contributed by atoms with E-state index >= 15 is 0 Å². The molecule has 0 radical (unpaired) electrons. The van der Waals surface area contributed by atoms with Crippen molar-refractivity contribution < 1.29 is 38.7 Å². The number of ether oxygens (including phenoxy) is 3. The van der Waals surface area contributed by atoms with E-state index in [9.17, 15) is 24.9 Å². The van der Waals surface area contributed by atoms with Gasteiger partial charge in [0.15, 0.2) is 28.4 Å². The van der Waals surface area contributed by atoms with Crippen LogP contribution < -0.4 is 14.9 Å². The molecular weight excluding hydrogens is 504 g/mol. The van der Waals surface area contributed by atoms with Crippen LogP contribution in [0.4, 0.5) is 0 Å². The lowest BCUT2D eigenvalue weighted by molar-refractivity contribution is -0.140. The average molecular weight is 535 g/mol. The van der Waals surface area contributed by atoms with E-state index in [-0.39, 0.29) is 34.6 Å².